The fourth-order valence-corrected chi connectivity index (χ4v) is 3.34. The number of carbonyl (C=O) groups excluding carboxylic acids is 1. The summed E-state index contributed by atoms with van der Waals surface area (Å²) in [5.74, 6) is 1.48. The van der Waals surface area contributed by atoms with Crippen molar-refractivity contribution in [1.29, 1.82) is 0 Å². The first-order valence-corrected chi connectivity index (χ1v) is 7.48. The third-order valence-electron chi connectivity index (χ3n) is 4.29. The van der Waals surface area contributed by atoms with Gasteiger partial charge in [0, 0.05) is 23.8 Å². The summed E-state index contributed by atoms with van der Waals surface area (Å²) >= 11 is 6.06. The number of hydrogen-bond donors (Lipinski definition) is 2. The number of nitrogens with zero attached hydrogens (tertiary/aromatic N) is 1. The molecule has 1 aromatic carbocycles. The Morgan fingerprint density at radius 1 is 1.38 bits per heavy atom. The molecule has 0 bridgehead atoms. The van der Waals surface area contributed by atoms with Crippen LogP contribution in [0.3, 0.4) is 0 Å². The summed E-state index contributed by atoms with van der Waals surface area (Å²) < 4.78 is 0. The Bertz CT molecular complexity index is 512. The Hall–Kier alpha value is -0.810. The minimum absolute atomic E-state index is 0. The van der Waals surface area contributed by atoms with E-state index in [0.29, 0.717) is 11.6 Å². The molecule has 1 amide bonds. The first-order valence-electron chi connectivity index (χ1n) is 7.11. The van der Waals surface area contributed by atoms with E-state index < -0.39 is 0 Å². The fraction of sp³-hybridized carbons (Fsp3) is 0.533. The van der Waals surface area contributed by atoms with Gasteiger partial charge in [0.05, 0.1) is 6.54 Å². The van der Waals surface area contributed by atoms with Gasteiger partial charge in [0.15, 0.2) is 0 Å². The van der Waals surface area contributed by atoms with Gasteiger partial charge < -0.3 is 10.6 Å². The van der Waals surface area contributed by atoms with Crippen molar-refractivity contribution in [1.82, 2.24) is 10.2 Å². The highest BCUT2D eigenvalue weighted by molar-refractivity contribution is 6.31. The predicted octanol–water partition coefficient (Wildman–Crippen LogP) is 2.16. The zero-order chi connectivity index (χ0) is 14.1. The number of halogens is 2. The Morgan fingerprint density at radius 3 is 2.67 bits per heavy atom. The molecule has 2 heterocycles. The standard InChI is InChI=1S/C15H20ClN3O.ClH/c1-10-2-3-13(4-14(10)16)18-15(20)9-19-7-11-5-17-6-12(11)8-19;/h2-4,11-12,17H,5-9H2,1H3,(H,18,20);1H/t11-,12+;. The number of anilines is 1. The quantitative estimate of drug-likeness (QED) is 0.893. The molecule has 2 fully saturated rings. The van der Waals surface area contributed by atoms with Gasteiger partial charge in [-0.1, -0.05) is 17.7 Å². The number of fused-ring (bicyclic) bond motifs is 1. The maximum atomic E-state index is 12.1. The smallest absolute Gasteiger partial charge is 0.238 e. The van der Waals surface area contributed by atoms with E-state index in [1.165, 1.54) is 0 Å². The summed E-state index contributed by atoms with van der Waals surface area (Å²) in [6.07, 6.45) is 0. The third kappa shape index (κ3) is 3.89. The molecular weight excluding hydrogens is 309 g/mol. The van der Waals surface area contributed by atoms with Crippen molar-refractivity contribution >= 4 is 35.6 Å². The highest BCUT2D eigenvalue weighted by Crippen LogP contribution is 2.26. The highest BCUT2D eigenvalue weighted by atomic mass is 35.5. The third-order valence-corrected chi connectivity index (χ3v) is 4.70. The SMILES string of the molecule is Cc1ccc(NC(=O)CN2C[C@H]3CNC[C@H]3C2)cc1Cl.Cl. The van der Waals surface area contributed by atoms with Crippen LogP contribution in [0.25, 0.3) is 0 Å². The number of rotatable bonds is 3. The maximum Gasteiger partial charge on any atom is 0.238 e. The van der Waals surface area contributed by atoms with E-state index in [0.717, 1.165) is 49.3 Å². The molecule has 4 nitrogen and oxygen atoms in total. The van der Waals surface area contributed by atoms with E-state index >= 15 is 0 Å². The van der Waals surface area contributed by atoms with Crippen LogP contribution in [0.2, 0.25) is 5.02 Å². The lowest BCUT2D eigenvalue weighted by atomic mass is 10.0. The summed E-state index contributed by atoms with van der Waals surface area (Å²) in [5, 5.41) is 7.01. The molecule has 0 spiro atoms. The van der Waals surface area contributed by atoms with Crippen molar-refractivity contribution in [3.05, 3.63) is 28.8 Å². The largest absolute Gasteiger partial charge is 0.325 e. The van der Waals surface area contributed by atoms with Crippen LogP contribution < -0.4 is 10.6 Å². The predicted molar refractivity (Wildman–Crippen MR) is 88.4 cm³/mol. The van der Waals surface area contributed by atoms with E-state index in [1.54, 1.807) is 6.07 Å². The van der Waals surface area contributed by atoms with E-state index in [-0.39, 0.29) is 18.3 Å². The number of nitrogens with one attached hydrogen (secondary N) is 2. The molecule has 2 saturated heterocycles. The highest BCUT2D eigenvalue weighted by Gasteiger charge is 2.36. The van der Waals surface area contributed by atoms with Crippen molar-refractivity contribution in [3.8, 4) is 0 Å². The van der Waals surface area contributed by atoms with Crippen LogP contribution in [0.4, 0.5) is 5.69 Å². The number of carbonyl (C=O) groups is 1. The molecule has 2 aliphatic rings. The number of hydrogen-bond acceptors (Lipinski definition) is 3. The van der Waals surface area contributed by atoms with E-state index in [9.17, 15) is 4.79 Å². The summed E-state index contributed by atoms with van der Waals surface area (Å²) in [5.41, 5.74) is 1.79. The zero-order valence-electron chi connectivity index (χ0n) is 12.1. The van der Waals surface area contributed by atoms with Crippen LogP contribution in [0, 0.1) is 18.8 Å². The van der Waals surface area contributed by atoms with Gasteiger partial charge in [0.1, 0.15) is 0 Å². The molecule has 2 aliphatic heterocycles. The van der Waals surface area contributed by atoms with Gasteiger partial charge in [-0.05, 0) is 49.5 Å². The molecule has 1 aromatic rings. The Balaban J connectivity index is 0.00000161. The van der Waals surface area contributed by atoms with Crippen molar-refractivity contribution in [2.45, 2.75) is 6.92 Å². The second kappa shape index (κ2) is 6.97. The minimum Gasteiger partial charge on any atom is -0.325 e. The van der Waals surface area contributed by atoms with Gasteiger partial charge in [-0.15, -0.1) is 12.4 Å². The van der Waals surface area contributed by atoms with E-state index in [1.807, 2.05) is 19.1 Å². The number of benzene rings is 1. The van der Waals surface area contributed by atoms with Gasteiger partial charge in [-0.2, -0.15) is 0 Å². The lowest BCUT2D eigenvalue weighted by Crippen LogP contribution is -2.33. The van der Waals surface area contributed by atoms with Gasteiger partial charge in [0.2, 0.25) is 5.91 Å². The minimum atomic E-state index is 0. The lowest BCUT2D eigenvalue weighted by molar-refractivity contribution is -0.117. The van der Waals surface area contributed by atoms with E-state index in [2.05, 4.69) is 15.5 Å². The molecule has 0 aromatic heterocycles. The van der Waals surface area contributed by atoms with Crippen LogP contribution in [0.5, 0.6) is 0 Å². The van der Waals surface area contributed by atoms with Crippen LogP contribution in [0.15, 0.2) is 18.2 Å². The van der Waals surface area contributed by atoms with Gasteiger partial charge in [-0.3, -0.25) is 9.69 Å². The van der Waals surface area contributed by atoms with Crippen molar-refractivity contribution in [2.75, 3.05) is 38.0 Å². The molecule has 21 heavy (non-hydrogen) atoms. The first kappa shape index (κ1) is 16.6. The number of amides is 1. The average Bonchev–Trinajstić information content (AvgIpc) is 2.94. The molecule has 0 radical (unpaired) electrons. The zero-order valence-corrected chi connectivity index (χ0v) is 13.6. The average molecular weight is 330 g/mol. The van der Waals surface area contributed by atoms with Crippen LogP contribution in [-0.4, -0.2) is 43.5 Å². The number of aryl methyl sites for hydroxylation is 1. The summed E-state index contributed by atoms with van der Waals surface area (Å²) in [7, 11) is 0. The summed E-state index contributed by atoms with van der Waals surface area (Å²) in [4.78, 5) is 14.3. The second-order valence-electron chi connectivity index (χ2n) is 5.88. The summed E-state index contributed by atoms with van der Waals surface area (Å²) in [6, 6.07) is 5.61. The lowest BCUT2D eigenvalue weighted by Gasteiger charge is -2.16. The topological polar surface area (TPSA) is 44.4 Å². The van der Waals surface area contributed by atoms with Crippen LogP contribution >= 0.6 is 24.0 Å². The van der Waals surface area contributed by atoms with Crippen LogP contribution in [0.1, 0.15) is 5.56 Å². The molecule has 2 atom stereocenters. The van der Waals surface area contributed by atoms with Gasteiger partial charge >= 0.3 is 0 Å². The maximum absolute atomic E-state index is 12.1. The molecule has 2 N–H and O–H groups in total. The van der Waals surface area contributed by atoms with Gasteiger partial charge in [0.25, 0.3) is 0 Å². The fourth-order valence-electron chi connectivity index (χ4n) is 3.16. The normalized spacial score (nSPS) is 24.5. The molecular formula is C15H21Cl2N3O. The molecule has 0 aliphatic carbocycles. The van der Waals surface area contributed by atoms with Crippen molar-refractivity contribution in [3.63, 3.8) is 0 Å². The van der Waals surface area contributed by atoms with Crippen molar-refractivity contribution < 1.29 is 4.79 Å². The molecule has 0 saturated carbocycles. The molecule has 116 valence electrons. The molecule has 0 unspecified atom stereocenters. The Morgan fingerprint density at radius 2 is 2.05 bits per heavy atom. The summed E-state index contributed by atoms with van der Waals surface area (Å²) in [6.45, 7) is 6.66. The van der Waals surface area contributed by atoms with Crippen LogP contribution in [-0.2, 0) is 4.79 Å². The Kier molecular flexibility index (Phi) is 5.49. The van der Waals surface area contributed by atoms with E-state index in [4.69, 9.17) is 11.6 Å². The van der Waals surface area contributed by atoms with Crippen molar-refractivity contribution in [2.24, 2.45) is 11.8 Å². The first-order chi connectivity index (χ1) is 9.61. The molecule has 3 rings (SSSR count). The molecule has 6 heteroatoms. The van der Waals surface area contributed by atoms with Gasteiger partial charge in [-0.25, -0.2) is 0 Å². The Labute approximate surface area is 136 Å². The second-order valence-corrected chi connectivity index (χ2v) is 6.29. The monoisotopic (exact) mass is 329 g/mol. The number of likely N-dealkylation sites (tertiary alicyclic amines) is 1.